The summed E-state index contributed by atoms with van der Waals surface area (Å²) in [5.41, 5.74) is 0.516. The minimum atomic E-state index is -3.83. The van der Waals surface area contributed by atoms with Gasteiger partial charge in [0.15, 0.2) is 11.5 Å². The average Bonchev–Trinajstić information content (AvgIpc) is 2.65. The maximum absolute atomic E-state index is 12.7. The molecular weight excluding hydrogens is 358 g/mol. The van der Waals surface area contributed by atoms with Crippen molar-refractivity contribution in [3.63, 3.8) is 0 Å². The number of ether oxygens (including phenoxy) is 3. The Bertz CT molecular complexity index is 1010. The van der Waals surface area contributed by atoms with Gasteiger partial charge in [-0.2, -0.15) is 0 Å². The highest BCUT2D eigenvalue weighted by Gasteiger charge is 2.32. The Morgan fingerprint density at radius 1 is 0.923 bits per heavy atom. The van der Waals surface area contributed by atoms with Crippen LogP contribution in [0.25, 0.3) is 6.08 Å². The van der Waals surface area contributed by atoms with Gasteiger partial charge in [-0.25, -0.2) is 8.42 Å². The van der Waals surface area contributed by atoms with Gasteiger partial charge in [0, 0.05) is 11.1 Å². The Labute approximate surface area is 151 Å². The molecule has 8 heteroatoms. The van der Waals surface area contributed by atoms with Gasteiger partial charge in [-0.15, -0.1) is 0 Å². The molecule has 1 aliphatic heterocycles. The normalized spacial score (nSPS) is 16.6. The molecule has 2 aromatic carbocycles. The van der Waals surface area contributed by atoms with Crippen LogP contribution in [-0.2, 0) is 10.0 Å². The van der Waals surface area contributed by atoms with Crippen molar-refractivity contribution in [1.29, 1.82) is 0 Å². The van der Waals surface area contributed by atoms with Crippen LogP contribution in [-0.4, -0.2) is 35.5 Å². The second-order valence-corrected chi connectivity index (χ2v) is 7.06. The molecule has 1 heterocycles. The highest BCUT2D eigenvalue weighted by molar-refractivity contribution is 7.90. The Hall–Kier alpha value is -3.00. The second kappa shape index (κ2) is 6.72. The fourth-order valence-corrected chi connectivity index (χ4v) is 4.03. The minimum Gasteiger partial charge on any atom is -0.493 e. The van der Waals surface area contributed by atoms with Crippen LogP contribution in [0.15, 0.2) is 47.0 Å². The molecule has 1 aliphatic rings. The number of hydrogen-bond donors (Lipinski definition) is 1. The van der Waals surface area contributed by atoms with Crippen LogP contribution in [0, 0.1) is 0 Å². The van der Waals surface area contributed by atoms with E-state index in [1.807, 2.05) is 0 Å². The molecule has 26 heavy (non-hydrogen) atoms. The molecule has 1 N–H and O–H groups in total. The topological polar surface area (TPSA) is 90.9 Å². The first-order valence-electron chi connectivity index (χ1n) is 7.60. The van der Waals surface area contributed by atoms with Crippen molar-refractivity contribution in [2.24, 2.45) is 0 Å². The third-order valence-electron chi connectivity index (χ3n) is 3.94. The predicted molar refractivity (Wildman–Crippen MR) is 95.2 cm³/mol. The van der Waals surface area contributed by atoms with Crippen molar-refractivity contribution in [3.05, 3.63) is 53.2 Å². The number of carbonyl (C=O) groups excluding carboxylic acids is 1. The molecule has 0 aromatic heterocycles. The van der Waals surface area contributed by atoms with Crippen LogP contribution < -0.4 is 18.9 Å². The molecule has 7 nitrogen and oxygen atoms in total. The molecule has 0 fully saturated rings. The maximum Gasteiger partial charge on any atom is 0.262 e. The number of Topliss-reactive ketones (excluding diaryl/α,β-unsaturated/α-hetero) is 1. The van der Waals surface area contributed by atoms with E-state index >= 15 is 0 Å². The number of benzene rings is 2. The predicted octanol–water partition coefficient (Wildman–Crippen LogP) is 2.23. The standard InChI is InChI=1S/C18H17NO6S/c1-23-14-9-8-11(17(24-2)18(14)25-3)10-13-16(20)12-6-4-5-7-15(12)26(21,22)19-13/h4-10,19H,1-3H3/b13-10-. The summed E-state index contributed by atoms with van der Waals surface area (Å²) in [5, 5.41) is 0. The molecule has 0 bridgehead atoms. The number of methoxy groups -OCH3 is 3. The van der Waals surface area contributed by atoms with Crippen LogP contribution >= 0.6 is 0 Å². The van der Waals surface area contributed by atoms with Gasteiger partial charge in [-0.3, -0.25) is 9.52 Å². The Morgan fingerprint density at radius 2 is 1.62 bits per heavy atom. The fourth-order valence-electron chi connectivity index (χ4n) is 2.77. The third kappa shape index (κ3) is 2.88. The van der Waals surface area contributed by atoms with Gasteiger partial charge >= 0.3 is 0 Å². The first-order chi connectivity index (χ1) is 12.4. The van der Waals surface area contributed by atoms with Gasteiger partial charge in [0.2, 0.25) is 11.5 Å². The average molecular weight is 375 g/mol. The van der Waals surface area contributed by atoms with E-state index in [0.29, 0.717) is 22.8 Å². The molecule has 0 unspecified atom stereocenters. The summed E-state index contributed by atoms with van der Waals surface area (Å²) in [6.45, 7) is 0. The molecule has 0 amide bonds. The molecule has 3 rings (SSSR count). The van der Waals surface area contributed by atoms with E-state index in [0.717, 1.165) is 0 Å². The highest BCUT2D eigenvalue weighted by Crippen LogP contribution is 2.41. The van der Waals surface area contributed by atoms with Crippen molar-refractivity contribution in [2.45, 2.75) is 4.90 Å². The van der Waals surface area contributed by atoms with Gasteiger partial charge in [0.1, 0.15) is 0 Å². The van der Waals surface area contributed by atoms with E-state index in [2.05, 4.69) is 4.72 Å². The maximum atomic E-state index is 12.7. The highest BCUT2D eigenvalue weighted by atomic mass is 32.2. The lowest BCUT2D eigenvalue weighted by molar-refractivity contribution is 0.102. The van der Waals surface area contributed by atoms with Crippen molar-refractivity contribution in [3.8, 4) is 17.2 Å². The van der Waals surface area contributed by atoms with Gasteiger partial charge in [0.05, 0.1) is 31.9 Å². The number of ketones is 1. The smallest absolute Gasteiger partial charge is 0.262 e. The minimum absolute atomic E-state index is 0.0403. The molecule has 0 radical (unpaired) electrons. The molecular formula is C18H17NO6S. The molecule has 0 aliphatic carbocycles. The number of nitrogens with one attached hydrogen (secondary N) is 1. The summed E-state index contributed by atoms with van der Waals surface area (Å²) in [4.78, 5) is 12.7. The van der Waals surface area contributed by atoms with E-state index in [4.69, 9.17) is 14.2 Å². The van der Waals surface area contributed by atoms with Gasteiger partial charge in [0.25, 0.3) is 10.0 Å². The van der Waals surface area contributed by atoms with Crippen molar-refractivity contribution >= 4 is 21.9 Å². The number of hydrogen-bond acceptors (Lipinski definition) is 6. The van der Waals surface area contributed by atoms with E-state index in [9.17, 15) is 13.2 Å². The fraction of sp³-hybridized carbons (Fsp3) is 0.167. The number of allylic oxidation sites excluding steroid dienone is 1. The van der Waals surface area contributed by atoms with Gasteiger partial charge < -0.3 is 14.2 Å². The van der Waals surface area contributed by atoms with Crippen LogP contribution in [0.3, 0.4) is 0 Å². The van der Waals surface area contributed by atoms with E-state index in [1.54, 1.807) is 24.3 Å². The van der Waals surface area contributed by atoms with Crippen LogP contribution in [0.5, 0.6) is 17.2 Å². The summed E-state index contributed by atoms with van der Waals surface area (Å²) < 4.78 is 43.1. The zero-order valence-electron chi connectivity index (χ0n) is 14.4. The zero-order valence-corrected chi connectivity index (χ0v) is 15.2. The van der Waals surface area contributed by atoms with Gasteiger partial charge in [-0.05, 0) is 30.3 Å². The van der Waals surface area contributed by atoms with Crippen molar-refractivity contribution in [1.82, 2.24) is 4.72 Å². The Kier molecular flexibility index (Phi) is 4.60. The van der Waals surface area contributed by atoms with Gasteiger partial charge in [-0.1, -0.05) is 12.1 Å². The largest absolute Gasteiger partial charge is 0.493 e. The lowest BCUT2D eigenvalue weighted by Crippen LogP contribution is -2.34. The SMILES string of the molecule is COc1ccc(/C=C2\NS(=O)(=O)c3ccccc3C2=O)c(OC)c1OC. The second-order valence-electron chi connectivity index (χ2n) is 5.41. The Morgan fingerprint density at radius 3 is 2.27 bits per heavy atom. The van der Waals surface area contributed by atoms with E-state index in [1.165, 1.54) is 39.5 Å². The molecule has 0 spiro atoms. The quantitative estimate of drug-likeness (QED) is 0.824. The van der Waals surface area contributed by atoms with Crippen LogP contribution in [0.4, 0.5) is 0 Å². The summed E-state index contributed by atoms with van der Waals surface area (Å²) in [6, 6.07) is 9.35. The van der Waals surface area contributed by atoms with Crippen molar-refractivity contribution < 1.29 is 27.4 Å². The molecule has 136 valence electrons. The first-order valence-corrected chi connectivity index (χ1v) is 9.08. The summed E-state index contributed by atoms with van der Waals surface area (Å²) >= 11 is 0. The molecule has 0 saturated heterocycles. The molecule has 0 atom stereocenters. The van der Waals surface area contributed by atoms with Crippen LogP contribution in [0.2, 0.25) is 0 Å². The number of sulfonamides is 1. The lowest BCUT2D eigenvalue weighted by atomic mass is 10.0. The summed E-state index contributed by atoms with van der Waals surface area (Å²) in [5.74, 6) is 0.695. The Balaban J connectivity index is 2.16. The number of carbonyl (C=O) groups is 1. The van der Waals surface area contributed by atoms with Crippen LogP contribution in [0.1, 0.15) is 15.9 Å². The molecule has 0 saturated carbocycles. The van der Waals surface area contributed by atoms with E-state index in [-0.39, 0.29) is 16.2 Å². The van der Waals surface area contributed by atoms with E-state index < -0.39 is 15.8 Å². The lowest BCUT2D eigenvalue weighted by Gasteiger charge is -2.20. The summed E-state index contributed by atoms with van der Waals surface area (Å²) in [6.07, 6.45) is 1.41. The zero-order chi connectivity index (χ0) is 18.9. The summed E-state index contributed by atoms with van der Waals surface area (Å²) in [7, 11) is 0.569. The van der Waals surface area contributed by atoms with Crippen molar-refractivity contribution in [2.75, 3.05) is 21.3 Å². The number of rotatable bonds is 4. The molecule has 2 aromatic rings. The first kappa shape index (κ1) is 17.8. The third-order valence-corrected chi connectivity index (χ3v) is 5.37. The number of fused-ring (bicyclic) bond motifs is 1. The monoisotopic (exact) mass is 375 g/mol.